The van der Waals surface area contributed by atoms with Gasteiger partial charge in [0.05, 0.1) is 12.2 Å². The second-order valence-electron chi connectivity index (χ2n) is 8.35. The van der Waals surface area contributed by atoms with Gasteiger partial charge in [-0.3, -0.25) is 0 Å². The Morgan fingerprint density at radius 1 is 0.903 bits per heavy atom. The monoisotopic (exact) mass is 438 g/mol. The van der Waals surface area contributed by atoms with Crippen LogP contribution in [0.3, 0.4) is 0 Å². The van der Waals surface area contributed by atoms with E-state index in [1.807, 2.05) is 12.1 Å². The summed E-state index contributed by atoms with van der Waals surface area (Å²) >= 11 is 0. The van der Waals surface area contributed by atoms with Crippen molar-refractivity contribution in [3.63, 3.8) is 0 Å². The van der Waals surface area contributed by atoms with Crippen LogP contribution >= 0.6 is 0 Å². The first kappa shape index (κ1) is 22.2. The first-order valence-electron chi connectivity index (χ1n) is 10.3. The maximum Gasteiger partial charge on any atom is 0.416 e. The van der Waals surface area contributed by atoms with E-state index >= 15 is 0 Å². The smallest absolute Gasteiger partial charge is 0.394 e. The number of rotatable bonds is 5. The highest BCUT2D eigenvalue weighted by molar-refractivity contribution is 5.41. The van der Waals surface area contributed by atoms with Crippen LogP contribution in [-0.4, -0.2) is 51.4 Å². The summed E-state index contributed by atoms with van der Waals surface area (Å²) in [4.78, 5) is 0. The Balaban J connectivity index is 1.63. The molecule has 1 aliphatic heterocycles. The molecular formula is C23H25F3O5. The lowest BCUT2D eigenvalue weighted by Crippen LogP contribution is -2.55. The van der Waals surface area contributed by atoms with Crippen molar-refractivity contribution in [1.82, 2.24) is 0 Å². The summed E-state index contributed by atoms with van der Waals surface area (Å²) in [6, 6.07) is 10.6. The lowest BCUT2D eigenvalue weighted by molar-refractivity contribution is -0.231. The highest BCUT2D eigenvalue weighted by Crippen LogP contribution is 2.43. The Morgan fingerprint density at radius 2 is 1.58 bits per heavy atom. The van der Waals surface area contributed by atoms with Gasteiger partial charge >= 0.3 is 6.18 Å². The van der Waals surface area contributed by atoms with E-state index in [9.17, 15) is 33.6 Å². The number of ether oxygens (including phenoxy) is 1. The largest absolute Gasteiger partial charge is 0.416 e. The van der Waals surface area contributed by atoms with Crippen molar-refractivity contribution in [3.8, 4) is 0 Å². The maximum absolute atomic E-state index is 12.8. The molecule has 8 heteroatoms. The zero-order valence-corrected chi connectivity index (χ0v) is 16.7. The van der Waals surface area contributed by atoms with E-state index in [2.05, 4.69) is 0 Å². The van der Waals surface area contributed by atoms with Gasteiger partial charge in [-0.05, 0) is 59.6 Å². The summed E-state index contributed by atoms with van der Waals surface area (Å²) in [5, 5.41) is 40.0. The highest BCUT2D eigenvalue weighted by Gasteiger charge is 2.44. The Hall–Kier alpha value is -1.97. The average Bonchev–Trinajstić information content (AvgIpc) is 3.57. The van der Waals surface area contributed by atoms with Gasteiger partial charge in [-0.25, -0.2) is 0 Å². The lowest BCUT2D eigenvalue weighted by atomic mass is 9.88. The molecule has 0 radical (unpaired) electrons. The number of halogens is 3. The molecule has 1 heterocycles. The average molecular weight is 438 g/mol. The molecule has 1 saturated carbocycles. The number of aliphatic hydroxyl groups is 4. The van der Waals surface area contributed by atoms with Gasteiger partial charge in [0.15, 0.2) is 0 Å². The molecule has 2 aliphatic rings. The SMILES string of the molecule is OC[C@H]1O[C@@H](c2ccc(C3CC3)c(Cc3ccc(C(F)(F)F)cc3)c2)[C@H](O)[C@@H](O)[C@@H]1O. The van der Waals surface area contributed by atoms with Crippen molar-refractivity contribution in [2.45, 2.75) is 61.9 Å². The fourth-order valence-corrected chi connectivity index (χ4v) is 4.16. The van der Waals surface area contributed by atoms with E-state index in [-0.39, 0.29) is 0 Å². The van der Waals surface area contributed by atoms with Crippen molar-refractivity contribution in [1.29, 1.82) is 0 Å². The number of hydrogen-bond acceptors (Lipinski definition) is 5. The summed E-state index contributed by atoms with van der Waals surface area (Å²) in [6.45, 7) is -0.514. The number of alkyl halides is 3. The summed E-state index contributed by atoms with van der Waals surface area (Å²) in [5.74, 6) is 0.397. The molecule has 0 bridgehead atoms. The summed E-state index contributed by atoms with van der Waals surface area (Å²) in [7, 11) is 0. The second kappa shape index (κ2) is 8.52. The van der Waals surface area contributed by atoms with Crippen LogP contribution in [0.25, 0.3) is 0 Å². The van der Waals surface area contributed by atoms with E-state index in [0.29, 0.717) is 17.9 Å². The van der Waals surface area contributed by atoms with E-state index in [1.54, 1.807) is 6.07 Å². The van der Waals surface area contributed by atoms with Crippen LogP contribution in [0.1, 0.15) is 52.7 Å². The normalized spacial score (nSPS) is 29.2. The zero-order valence-electron chi connectivity index (χ0n) is 16.7. The van der Waals surface area contributed by atoms with Crippen molar-refractivity contribution >= 4 is 0 Å². The van der Waals surface area contributed by atoms with Gasteiger partial charge in [-0.1, -0.05) is 30.3 Å². The third kappa shape index (κ3) is 4.63. The minimum atomic E-state index is -4.39. The third-order valence-corrected chi connectivity index (χ3v) is 6.08. The van der Waals surface area contributed by atoms with Gasteiger partial charge in [-0.15, -0.1) is 0 Å². The molecular weight excluding hydrogens is 413 g/mol. The molecule has 2 aromatic carbocycles. The van der Waals surface area contributed by atoms with E-state index in [0.717, 1.165) is 41.7 Å². The molecule has 4 N–H and O–H groups in total. The standard InChI is InChI=1S/C23H25F3O5/c24-23(25,26)16-6-1-12(2-7-16)9-15-10-14(5-8-17(15)13-3-4-13)22-21(30)20(29)19(28)18(11-27)31-22/h1-2,5-8,10,13,18-22,27-30H,3-4,9,11H2/t18-,19-,20+,21-,22+/m1/s1. The fourth-order valence-electron chi connectivity index (χ4n) is 4.16. The minimum absolute atomic E-state index is 0.397. The Bertz CT molecular complexity index is 908. The molecule has 0 unspecified atom stereocenters. The zero-order chi connectivity index (χ0) is 22.3. The van der Waals surface area contributed by atoms with Crippen molar-refractivity contribution < 1.29 is 38.3 Å². The van der Waals surface area contributed by atoms with E-state index in [1.165, 1.54) is 12.1 Å². The van der Waals surface area contributed by atoms with Crippen LogP contribution in [0, 0.1) is 0 Å². The molecule has 0 spiro atoms. The number of hydrogen-bond donors (Lipinski definition) is 4. The van der Waals surface area contributed by atoms with Gasteiger partial charge in [0.1, 0.15) is 30.5 Å². The first-order valence-corrected chi connectivity index (χ1v) is 10.3. The van der Waals surface area contributed by atoms with Gasteiger partial charge in [0, 0.05) is 0 Å². The van der Waals surface area contributed by atoms with Crippen LogP contribution in [0.15, 0.2) is 42.5 Å². The van der Waals surface area contributed by atoms with Crippen molar-refractivity contribution in [3.05, 3.63) is 70.3 Å². The van der Waals surface area contributed by atoms with Crippen LogP contribution < -0.4 is 0 Å². The van der Waals surface area contributed by atoms with Crippen LogP contribution in [0.2, 0.25) is 0 Å². The van der Waals surface area contributed by atoms with Crippen molar-refractivity contribution in [2.75, 3.05) is 6.61 Å². The molecule has 4 rings (SSSR count). The van der Waals surface area contributed by atoms with E-state index in [4.69, 9.17) is 4.74 Å². The molecule has 0 aromatic heterocycles. The summed E-state index contributed by atoms with van der Waals surface area (Å²) in [6.07, 6.45) is -8.15. The molecule has 2 fully saturated rings. The quantitative estimate of drug-likeness (QED) is 0.577. The summed E-state index contributed by atoms with van der Waals surface area (Å²) < 4.78 is 44.2. The molecule has 5 atom stereocenters. The molecule has 2 aromatic rings. The lowest BCUT2D eigenvalue weighted by Gasteiger charge is -2.40. The van der Waals surface area contributed by atoms with Crippen LogP contribution in [0.5, 0.6) is 0 Å². The van der Waals surface area contributed by atoms with Crippen molar-refractivity contribution in [2.24, 2.45) is 0 Å². The van der Waals surface area contributed by atoms with Crippen LogP contribution in [0.4, 0.5) is 13.2 Å². The van der Waals surface area contributed by atoms with Gasteiger partial charge in [0.2, 0.25) is 0 Å². The molecule has 1 aliphatic carbocycles. The van der Waals surface area contributed by atoms with Crippen LogP contribution in [-0.2, 0) is 17.3 Å². The fraction of sp³-hybridized carbons (Fsp3) is 0.478. The molecule has 31 heavy (non-hydrogen) atoms. The highest BCUT2D eigenvalue weighted by atomic mass is 19.4. The van der Waals surface area contributed by atoms with Gasteiger partial charge in [0.25, 0.3) is 0 Å². The molecule has 1 saturated heterocycles. The predicted molar refractivity (Wildman–Crippen MR) is 105 cm³/mol. The summed E-state index contributed by atoms with van der Waals surface area (Å²) in [5.41, 5.74) is 2.61. The Morgan fingerprint density at radius 3 is 2.16 bits per heavy atom. The maximum atomic E-state index is 12.8. The molecule has 168 valence electrons. The number of aliphatic hydroxyl groups excluding tert-OH is 4. The second-order valence-corrected chi connectivity index (χ2v) is 8.35. The number of benzene rings is 2. The predicted octanol–water partition coefficient (Wildman–Crippen LogP) is 2.69. The van der Waals surface area contributed by atoms with E-state index < -0.39 is 48.9 Å². The first-order chi connectivity index (χ1) is 14.7. The Labute approximate surface area is 177 Å². The topological polar surface area (TPSA) is 90.2 Å². The molecule has 5 nitrogen and oxygen atoms in total. The third-order valence-electron chi connectivity index (χ3n) is 6.08. The van der Waals surface area contributed by atoms with Gasteiger partial charge in [-0.2, -0.15) is 13.2 Å². The minimum Gasteiger partial charge on any atom is -0.394 e. The van der Waals surface area contributed by atoms with Gasteiger partial charge < -0.3 is 25.2 Å². The Kier molecular flexibility index (Phi) is 6.11. The molecule has 0 amide bonds.